The van der Waals surface area contributed by atoms with Gasteiger partial charge in [0, 0.05) is 25.2 Å². The summed E-state index contributed by atoms with van der Waals surface area (Å²) in [4.78, 5) is 0. The fraction of sp³-hybridized carbons (Fsp3) is 0.500. The van der Waals surface area contributed by atoms with Crippen LogP contribution in [0.5, 0.6) is 0 Å². The van der Waals surface area contributed by atoms with Crippen LogP contribution < -0.4 is 5.32 Å². The molecule has 0 aliphatic rings. The van der Waals surface area contributed by atoms with Crippen LogP contribution in [0.2, 0.25) is 0 Å². The second-order valence-corrected chi connectivity index (χ2v) is 2.60. The molecule has 0 bridgehead atoms. The van der Waals surface area contributed by atoms with Crippen molar-refractivity contribution in [3.8, 4) is 6.07 Å². The van der Waals surface area contributed by atoms with Crippen molar-refractivity contribution in [3.63, 3.8) is 0 Å². The van der Waals surface area contributed by atoms with E-state index in [0.29, 0.717) is 6.42 Å². The van der Waals surface area contributed by atoms with Gasteiger partial charge in [-0.25, -0.2) is 0 Å². The standard InChI is InChI=1S/C8H12N4/c1-7(10-5-2-4-9)8-3-6-11-12-8/h3,6-7,10H,2,5H2,1H3,(H,11,12). The van der Waals surface area contributed by atoms with E-state index in [4.69, 9.17) is 5.26 Å². The summed E-state index contributed by atoms with van der Waals surface area (Å²) in [6.45, 7) is 2.75. The molecule has 0 aliphatic carbocycles. The Morgan fingerprint density at radius 2 is 2.67 bits per heavy atom. The molecular weight excluding hydrogens is 152 g/mol. The van der Waals surface area contributed by atoms with Gasteiger partial charge in [0.1, 0.15) is 0 Å². The van der Waals surface area contributed by atoms with Gasteiger partial charge >= 0.3 is 0 Å². The minimum Gasteiger partial charge on any atom is -0.308 e. The molecule has 1 rings (SSSR count). The van der Waals surface area contributed by atoms with Gasteiger partial charge in [-0.2, -0.15) is 10.4 Å². The largest absolute Gasteiger partial charge is 0.308 e. The Labute approximate surface area is 71.6 Å². The van der Waals surface area contributed by atoms with Gasteiger partial charge in [-0.3, -0.25) is 5.10 Å². The summed E-state index contributed by atoms with van der Waals surface area (Å²) in [5, 5.41) is 18.2. The van der Waals surface area contributed by atoms with Crippen molar-refractivity contribution < 1.29 is 0 Å². The van der Waals surface area contributed by atoms with Gasteiger partial charge in [-0.15, -0.1) is 0 Å². The maximum Gasteiger partial charge on any atom is 0.0635 e. The number of hydrogen-bond donors (Lipinski definition) is 2. The fourth-order valence-electron chi connectivity index (χ4n) is 0.962. The second-order valence-electron chi connectivity index (χ2n) is 2.60. The lowest BCUT2D eigenvalue weighted by Crippen LogP contribution is -2.19. The van der Waals surface area contributed by atoms with Crippen molar-refractivity contribution in [2.75, 3.05) is 6.54 Å². The molecule has 2 N–H and O–H groups in total. The Kier molecular flexibility index (Phi) is 3.30. The molecule has 0 saturated carbocycles. The Balaban J connectivity index is 2.30. The molecule has 0 radical (unpaired) electrons. The highest BCUT2D eigenvalue weighted by Crippen LogP contribution is 2.06. The molecule has 64 valence electrons. The van der Waals surface area contributed by atoms with Gasteiger partial charge in [0.2, 0.25) is 0 Å². The normalized spacial score (nSPS) is 12.3. The molecule has 12 heavy (non-hydrogen) atoms. The van der Waals surface area contributed by atoms with Gasteiger partial charge in [-0.05, 0) is 13.0 Å². The van der Waals surface area contributed by atoms with Gasteiger partial charge in [0.15, 0.2) is 0 Å². The number of nitrogens with one attached hydrogen (secondary N) is 2. The highest BCUT2D eigenvalue weighted by atomic mass is 15.1. The minimum absolute atomic E-state index is 0.237. The van der Waals surface area contributed by atoms with E-state index in [1.807, 2.05) is 13.0 Å². The minimum atomic E-state index is 0.237. The smallest absolute Gasteiger partial charge is 0.0635 e. The third kappa shape index (κ3) is 2.36. The number of rotatable bonds is 4. The van der Waals surface area contributed by atoms with Gasteiger partial charge in [0.25, 0.3) is 0 Å². The summed E-state index contributed by atoms with van der Waals surface area (Å²) in [5.74, 6) is 0. The van der Waals surface area contributed by atoms with E-state index >= 15 is 0 Å². The second kappa shape index (κ2) is 4.52. The summed E-state index contributed by atoms with van der Waals surface area (Å²) in [5.41, 5.74) is 1.05. The monoisotopic (exact) mass is 164 g/mol. The third-order valence-electron chi connectivity index (χ3n) is 1.68. The van der Waals surface area contributed by atoms with Crippen molar-refractivity contribution in [2.45, 2.75) is 19.4 Å². The van der Waals surface area contributed by atoms with E-state index in [2.05, 4.69) is 21.6 Å². The molecule has 1 atom stereocenters. The molecule has 4 heteroatoms. The predicted molar refractivity (Wildman–Crippen MR) is 45.2 cm³/mol. The number of H-pyrrole nitrogens is 1. The lowest BCUT2D eigenvalue weighted by atomic mass is 10.2. The fourth-order valence-corrected chi connectivity index (χ4v) is 0.962. The first-order chi connectivity index (χ1) is 5.84. The van der Waals surface area contributed by atoms with Crippen LogP contribution in [0, 0.1) is 11.3 Å². The van der Waals surface area contributed by atoms with Crippen molar-refractivity contribution in [3.05, 3.63) is 18.0 Å². The Hall–Kier alpha value is -1.34. The summed E-state index contributed by atoms with van der Waals surface area (Å²) >= 11 is 0. The number of nitrogens with zero attached hydrogens (tertiary/aromatic N) is 2. The number of nitriles is 1. The van der Waals surface area contributed by atoms with E-state index in [9.17, 15) is 0 Å². The van der Waals surface area contributed by atoms with E-state index < -0.39 is 0 Å². The molecular formula is C8H12N4. The molecule has 1 unspecified atom stereocenters. The topological polar surface area (TPSA) is 64.5 Å². The van der Waals surface area contributed by atoms with Crippen molar-refractivity contribution in [2.24, 2.45) is 0 Å². The maximum absolute atomic E-state index is 8.30. The average molecular weight is 164 g/mol. The van der Waals surface area contributed by atoms with E-state index in [1.54, 1.807) is 6.20 Å². The van der Waals surface area contributed by atoms with E-state index in [0.717, 1.165) is 12.2 Å². The molecule has 1 aromatic rings. The molecule has 4 nitrogen and oxygen atoms in total. The zero-order chi connectivity index (χ0) is 8.81. The van der Waals surface area contributed by atoms with Crippen LogP contribution in [-0.2, 0) is 0 Å². The Morgan fingerprint density at radius 3 is 3.25 bits per heavy atom. The zero-order valence-electron chi connectivity index (χ0n) is 7.04. The van der Waals surface area contributed by atoms with Crippen molar-refractivity contribution in [1.29, 1.82) is 5.26 Å². The number of hydrogen-bond acceptors (Lipinski definition) is 3. The lowest BCUT2D eigenvalue weighted by molar-refractivity contribution is 0.568. The van der Waals surface area contributed by atoms with Gasteiger partial charge in [0.05, 0.1) is 11.8 Å². The SMILES string of the molecule is CC(NCCC#N)c1ccn[nH]1. The summed E-state index contributed by atoms with van der Waals surface area (Å²) < 4.78 is 0. The van der Waals surface area contributed by atoms with Crippen LogP contribution in [0.3, 0.4) is 0 Å². The lowest BCUT2D eigenvalue weighted by Gasteiger charge is -2.09. The predicted octanol–water partition coefficient (Wildman–Crippen LogP) is 0.974. The van der Waals surface area contributed by atoms with E-state index in [-0.39, 0.29) is 6.04 Å². The number of aromatic nitrogens is 2. The Morgan fingerprint density at radius 1 is 1.83 bits per heavy atom. The van der Waals surface area contributed by atoms with Crippen molar-refractivity contribution in [1.82, 2.24) is 15.5 Å². The Bertz CT molecular complexity index is 247. The first-order valence-corrected chi connectivity index (χ1v) is 3.94. The zero-order valence-corrected chi connectivity index (χ0v) is 7.04. The molecule has 0 spiro atoms. The number of aromatic amines is 1. The summed E-state index contributed by atoms with van der Waals surface area (Å²) in [6, 6.07) is 4.24. The molecule has 0 aliphatic heterocycles. The first kappa shape index (κ1) is 8.75. The molecule has 1 heterocycles. The third-order valence-corrected chi connectivity index (χ3v) is 1.68. The molecule has 0 saturated heterocycles. The molecule has 0 fully saturated rings. The van der Waals surface area contributed by atoms with Crippen LogP contribution in [0.4, 0.5) is 0 Å². The molecule has 1 aromatic heterocycles. The maximum atomic E-state index is 8.30. The van der Waals surface area contributed by atoms with Crippen LogP contribution in [-0.4, -0.2) is 16.7 Å². The van der Waals surface area contributed by atoms with Crippen LogP contribution >= 0.6 is 0 Å². The van der Waals surface area contributed by atoms with Gasteiger partial charge in [-0.1, -0.05) is 0 Å². The first-order valence-electron chi connectivity index (χ1n) is 3.94. The van der Waals surface area contributed by atoms with Crippen LogP contribution in [0.1, 0.15) is 25.1 Å². The van der Waals surface area contributed by atoms with Gasteiger partial charge < -0.3 is 5.32 Å². The van der Waals surface area contributed by atoms with E-state index in [1.165, 1.54) is 0 Å². The average Bonchev–Trinajstić information content (AvgIpc) is 2.56. The van der Waals surface area contributed by atoms with Crippen LogP contribution in [0.25, 0.3) is 0 Å². The highest BCUT2D eigenvalue weighted by molar-refractivity contribution is 5.02. The van der Waals surface area contributed by atoms with Crippen LogP contribution in [0.15, 0.2) is 12.3 Å². The quantitative estimate of drug-likeness (QED) is 0.652. The molecule has 0 aromatic carbocycles. The summed E-state index contributed by atoms with van der Waals surface area (Å²) in [6.07, 6.45) is 2.26. The summed E-state index contributed by atoms with van der Waals surface area (Å²) in [7, 11) is 0. The van der Waals surface area contributed by atoms with Crippen molar-refractivity contribution >= 4 is 0 Å². The highest BCUT2D eigenvalue weighted by Gasteiger charge is 2.03. The molecule has 0 amide bonds.